The van der Waals surface area contributed by atoms with Crippen LogP contribution in [0.3, 0.4) is 0 Å². The minimum atomic E-state index is -0.497. The van der Waals surface area contributed by atoms with Crippen LogP contribution >= 0.6 is 0 Å². The number of anilines is 1. The fourth-order valence-electron chi connectivity index (χ4n) is 1.79. The molecule has 82 valence electrons. The molecule has 2 N–H and O–H groups in total. The van der Waals surface area contributed by atoms with Gasteiger partial charge in [0.05, 0.1) is 11.0 Å². The number of hydrogen-bond acceptors (Lipinski definition) is 4. The maximum Gasteiger partial charge on any atom is 0.330 e. The Hall–Kier alpha value is -1.59. The molecule has 1 aromatic rings. The number of nitrogens with two attached hydrogens (primary N) is 1. The Morgan fingerprint density at radius 2 is 2.47 bits per heavy atom. The van der Waals surface area contributed by atoms with Crippen LogP contribution in [0.25, 0.3) is 0 Å². The molecule has 1 atom stereocenters. The van der Waals surface area contributed by atoms with Crippen molar-refractivity contribution < 1.29 is 4.92 Å². The van der Waals surface area contributed by atoms with Crippen LogP contribution in [-0.4, -0.2) is 14.7 Å². The molecule has 1 aromatic heterocycles. The van der Waals surface area contributed by atoms with Gasteiger partial charge in [0.2, 0.25) is 5.82 Å². The average molecular weight is 210 g/mol. The van der Waals surface area contributed by atoms with Crippen LogP contribution in [0, 0.1) is 16.0 Å². The molecule has 0 radical (unpaired) electrons. The van der Waals surface area contributed by atoms with E-state index in [0.717, 1.165) is 12.3 Å². The fraction of sp³-hybridized carbons (Fsp3) is 0.667. The number of nitrogen functional groups attached to an aromatic ring is 1. The normalized spacial score (nSPS) is 17.7. The van der Waals surface area contributed by atoms with Gasteiger partial charge in [-0.2, -0.15) is 5.10 Å². The van der Waals surface area contributed by atoms with E-state index in [1.54, 1.807) is 4.68 Å². The van der Waals surface area contributed by atoms with Crippen molar-refractivity contribution in [2.45, 2.75) is 32.2 Å². The smallest absolute Gasteiger partial charge is 0.330 e. The highest BCUT2D eigenvalue weighted by molar-refractivity contribution is 5.51. The topological polar surface area (TPSA) is 87.0 Å². The molecule has 0 amide bonds. The number of aromatic nitrogens is 2. The van der Waals surface area contributed by atoms with Crippen molar-refractivity contribution >= 4 is 11.5 Å². The van der Waals surface area contributed by atoms with Crippen LogP contribution in [0.5, 0.6) is 0 Å². The summed E-state index contributed by atoms with van der Waals surface area (Å²) in [5.41, 5.74) is 5.56. The van der Waals surface area contributed by atoms with Crippen molar-refractivity contribution in [3.8, 4) is 0 Å². The molecule has 1 fully saturated rings. The summed E-state index contributed by atoms with van der Waals surface area (Å²) < 4.78 is 1.55. The van der Waals surface area contributed by atoms with Crippen LogP contribution in [-0.2, 0) is 0 Å². The van der Waals surface area contributed by atoms with Gasteiger partial charge in [0.25, 0.3) is 0 Å². The summed E-state index contributed by atoms with van der Waals surface area (Å²) in [5.74, 6) is 0.913. The van der Waals surface area contributed by atoms with Gasteiger partial charge < -0.3 is 5.73 Å². The van der Waals surface area contributed by atoms with Crippen LogP contribution in [0.4, 0.5) is 11.5 Å². The summed E-state index contributed by atoms with van der Waals surface area (Å²) in [5, 5.41) is 14.5. The van der Waals surface area contributed by atoms with E-state index < -0.39 is 4.92 Å². The highest BCUT2D eigenvalue weighted by Gasteiger charge is 2.27. The van der Waals surface area contributed by atoms with Gasteiger partial charge in [0.15, 0.2) is 0 Å². The van der Waals surface area contributed by atoms with Gasteiger partial charge in [-0.3, -0.25) is 10.1 Å². The molecule has 1 aliphatic carbocycles. The second-order valence-corrected chi connectivity index (χ2v) is 4.14. The van der Waals surface area contributed by atoms with Gasteiger partial charge in [0, 0.05) is 0 Å². The summed E-state index contributed by atoms with van der Waals surface area (Å²) in [4.78, 5) is 10.1. The van der Waals surface area contributed by atoms with E-state index >= 15 is 0 Å². The molecule has 1 heterocycles. The van der Waals surface area contributed by atoms with E-state index in [1.165, 1.54) is 19.0 Å². The molecule has 1 aliphatic rings. The van der Waals surface area contributed by atoms with Gasteiger partial charge in [-0.25, -0.2) is 4.68 Å². The molecule has 0 aromatic carbocycles. The number of nitro groups is 1. The van der Waals surface area contributed by atoms with E-state index in [4.69, 9.17) is 5.73 Å². The Morgan fingerprint density at radius 1 is 1.80 bits per heavy atom. The Balaban J connectivity index is 2.16. The lowest BCUT2D eigenvalue weighted by Crippen LogP contribution is -2.11. The molecule has 1 unspecified atom stereocenters. The van der Waals surface area contributed by atoms with Crippen molar-refractivity contribution in [2.24, 2.45) is 5.92 Å². The van der Waals surface area contributed by atoms with E-state index in [-0.39, 0.29) is 17.5 Å². The molecular weight excluding hydrogens is 196 g/mol. The molecule has 2 rings (SSSR count). The van der Waals surface area contributed by atoms with E-state index in [2.05, 4.69) is 5.10 Å². The predicted molar refractivity (Wildman–Crippen MR) is 55.3 cm³/mol. The monoisotopic (exact) mass is 210 g/mol. The summed E-state index contributed by atoms with van der Waals surface area (Å²) in [6.45, 7) is 1.99. The first-order valence-electron chi connectivity index (χ1n) is 5.07. The van der Waals surface area contributed by atoms with E-state index in [0.29, 0.717) is 0 Å². The number of rotatable bonds is 4. The molecule has 0 saturated heterocycles. The average Bonchev–Trinajstić information content (AvgIpc) is 2.86. The van der Waals surface area contributed by atoms with Crippen molar-refractivity contribution in [2.75, 3.05) is 5.73 Å². The molecule has 15 heavy (non-hydrogen) atoms. The lowest BCUT2D eigenvalue weighted by atomic mass is 10.2. The quantitative estimate of drug-likeness (QED) is 0.605. The third-order valence-electron chi connectivity index (χ3n) is 2.80. The number of hydrogen-bond donors (Lipinski definition) is 1. The van der Waals surface area contributed by atoms with Crippen molar-refractivity contribution in [3.05, 3.63) is 16.3 Å². The second-order valence-electron chi connectivity index (χ2n) is 4.14. The van der Waals surface area contributed by atoms with Crippen LogP contribution in [0.15, 0.2) is 6.20 Å². The van der Waals surface area contributed by atoms with Gasteiger partial charge in [0.1, 0.15) is 6.20 Å². The second kappa shape index (κ2) is 3.52. The van der Waals surface area contributed by atoms with Crippen molar-refractivity contribution in [1.82, 2.24) is 9.78 Å². The Labute approximate surface area is 87.2 Å². The summed E-state index contributed by atoms with van der Waals surface area (Å²) in [6.07, 6.45) is 4.74. The standard InChI is InChI=1S/C9H14N4O2/c1-6(4-7-2-3-7)12-9(10)8(5-11-12)13(14)15/h5-7H,2-4,10H2,1H3. The molecule has 0 spiro atoms. The zero-order chi connectivity index (χ0) is 11.0. The first kappa shape index (κ1) is 9.95. The molecule has 6 heteroatoms. The highest BCUT2D eigenvalue weighted by atomic mass is 16.6. The van der Waals surface area contributed by atoms with Crippen LogP contribution in [0.1, 0.15) is 32.2 Å². The first-order valence-corrected chi connectivity index (χ1v) is 5.07. The van der Waals surface area contributed by atoms with Crippen LogP contribution in [0.2, 0.25) is 0 Å². The Morgan fingerprint density at radius 3 is 2.93 bits per heavy atom. The third kappa shape index (κ3) is 1.93. The molecular formula is C9H14N4O2. The molecule has 0 aliphatic heterocycles. The predicted octanol–water partition coefficient (Wildman–Crippen LogP) is 1.73. The third-order valence-corrected chi connectivity index (χ3v) is 2.80. The van der Waals surface area contributed by atoms with Gasteiger partial charge >= 0.3 is 5.69 Å². The Kier molecular flexibility index (Phi) is 2.34. The lowest BCUT2D eigenvalue weighted by Gasteiger charge is -2.12. The minimum absolute atomic E-state index is 0.0994. The van der Waals surface area contributed by atoms with Crippen molar-refractivity contribution in [1.29, 1.82) is 0 Å². The molecule has 6 nitrogen and oxygen atoms in total. The van der Waals surface area contributed by atoms with Crippen molar-refractivity contribution in [3.63, 3.8) is 0 Å². The SMILES string of the molecule is CC(CC1CC1)n1ncc([N+](=O)[O-])c1N. The summed E-state index contributed by atoms with van der Waals surface area (Å²) in [6, 6.07) is 0.145. The highest BCUT2D eigenvalue weighted by Crippen LogP contribution is 2.37. The lowest BCUT2D eigenvalue weighted by molar-refractivity contribution is -0.384. The largest absolute Gasteiger partial charge is 0.378 e. The number of nitrogens with zero attached hydrogens (tertiary/aromatic N) is 3. The maximum absolute atomic E-state index is 10.6. The van der Waals surface area contributed by atoms with Gasteiger partial charge in [-0.15, -0.1) is 0 Å². The minimum Gasteiger partial charge on any atom is -0.378 e. The fourth-order valence-corrected chi connectivity index (χ4v) is 1.79. The van der Waals surface area contributed by atoms with Crippen LogP contribution < -0.4 is 5.73 Å². The van der Waals surface area contributed by atoms with E-state index in [9.17, 15) is 10.1 Å². The zero-order valence-electron chi connectivity index (χ0n) is 8.59. The molecule has 1 saturated carbocycles. The summed E-state index contributed by atoms with van der Waals surface area (Å²) >= 11 is 0. The molecule has 0 bridgehead atoms. The Bertz CT molecular complexity index is 383. The first-order chi connectivity index (χ1) is 7.09. The van der Waals surface area contributed by atoms with Gasteiger partial charge in [-0.1, -0.05) is 12.8 Å². The zero-order valence-corrected chi connectivity index (χ0v) is 8.59. The maximum atomic E-state index is 10.6. The van der Waals surface area contributed by atoms with Gasteiger partial charge in [-0.05, 0) is 19.3 Å². The van der Waals surface area contributed by atoms with E-state index in [1.807, 2.05) is 6.92 Å². The summed E-state index contributed by atoms with van der Waals surface area (Å²) in [7, 11) is 0.